The van der Waals surface area contributed by atoms with E-state index >= 15 is 0 Å². The Hall–Kier alpha value is -3.26. The Morgan fingerprint density at radius 2 is 1.97 bits per heavy atom. The zero-order valence-electron chi connectivity index (χ0n) is 15.8. The Morgan fingerprint density at radius 1 is 1.21 bits per heavy atom. The second-order valence-corrected chi connectivity index (χ2v) is 7.44. The molecule has 1 saturated heterocycles. The molecule has 1 aliphatic rings. The Balaban J connectivity index is 1.78. The van der Waals surface area contributed by atoms with Crippen molar-refractivity contribution in [3.8, 4) is 0 Å². The fourth-order valence-corrected chi connectivity index (χ4v) is 3.70. The van der Waals surface area contributed by atoms with Gasteiger partial charge in [0.25, 0.3) is 11.6 Å². The summed E-state index contributed by atoms with van der Waals surface area (Å²) in [6.45, 7) is 2.06. The number of carbonyl (C=O) groups is 2. The standard InChI is InChI=1S/C21H19N3O4S/c1-15(25)17-7-9-18(10-8-17)22-21-23(12-3-13-29-21)20(26)11-6-16-4-2-5-19(14-16)24(27)28/h2,4-11,14H,3,12-13H2,1H3/b11-6+,22-21?. The Kier molecular flexibility index (Phi) is 6.56. The Labute approximate surface area is 172 Å². The van der Waals surface area contributed by atoms with Crippen molar-refractivity contribution < 1.29 is 14.5 Å². The van der Waals surface area contributed by atoms with Gasteiger partial charge >= 0.3 is 0 Å². The van der Waals surface area contributed by atoms with E-state index in [0.29, 0.717) is 28.5 Å². The SMILES string of the molecule is CC(=O)c1ccc(N=C2SCCCN2C(=O)/C=C/c2cccc([N+](=O)[O-])c2)cc1. The number of hydrogen-bond acceptors (Lipinski definition) is 6. The molecule has 0 radical (unpaired) electrons. The number of carbonyl (C=O) groups excluding carboxylic acids is 2. The number of non-ortho nitro benzene ring substituents is 1. The zero-order valence-corrected chi connectivity index (χ0v) is 16.6. The van der Waals surface area contributed by atoms with Crippen LogP contribution < -0.4 is 0 Å². The first-order valence-corrected chi connectivity index (χ1v) is 9.99. The molecule has 0 unspecified atom stereocenters. The maximum absolute atomic E-state index is 12.7. The van der Waals surface area contributed by atoms with Gasteiger partial charge in [-0.2, -0.15) is 0 Å². The van der Waals surface area contributed by atoms with Crippen molar-refractivity contribution >= 4 is 46.1 Å². The van der Waals surface area contributed by atoms with Gasteiger partial charge in [0.05, 0.1) is 10.6 Å². The number of amidine groups is 1. The molecule has 1 heterocycles. The van der Waals surface area contributed by atoms with Crippen molar-refractivity contribution in [2.75, 3.05) is 12.3 Å². The minimum atomic E-state index is -0.470. The summed E-state index contributed by atoms with van der Waals surface area (Å²) in [5.74, 6) is 0.616. The molecule has 0 spiro atoms. The lowest BCUT2D eigenvalue weighted by Gasteiger charge is -2.26. The van der Waals surface area contributed by atoms with Crippen molar-refractivity contribution in [2.45, 2.75) is 13.3 Å². The molecule has 0 saturated carbocycles. The van der Waals surface area contributed by atoms with Gasteiger partial charge in [0.2, 0.25) is 0 Å². The highest BCUT2D eigenvalue weighted by Gasteiger charge is 2.22. The number of nitrogens with zero attached hydrogens (tertiary/aromatic N) is 3. The molecule has 0 aromatic heterocycles. The van der Waals surface area contributed by atoms with E-state index in [9.17, 15) is 19.7 Å². The summed E-state index contributed by atoms with van der Waals surface area (Å²) in [5, 5.41) is 11.5. The molecule has 3 rings (SSSR count). The summed E-state index contributed by atoms with van der Waals surface area (Å²) in [6, 6.07) is 13.0. The average molecular weight is 409 g/mol. The summed E-state index contributed by atoms with van der Waals surface area (Å²) in [7, 11) is 0. The van der Waals surface area contributed by atoms with E-state index in [1.165, 1.54) is 36.9 Å². The fourth-order valence-electron chi connectivity index (χ4n) is 2.74. The van der Waals surface area contributed by atoms with E-state index in [4.69, 9.17) is 0 Å². The molecule has 0 atom stereocenters. The van der Waals surface area contributed by atoms with E-state index in [2.05, 4.69) is 4.99 Å². The van der Waals surface area contributed by atoms with Crippen molar-refractivity contribution in [3.63, 3.8) is 0 Å². The lowest BCUT2D eigenvalue weighted by atomic mass is 10.1. The molecule has 0 N–H and O–H groups in total. The number of benzene rings is 2. The number of ketones is 1. The number of nitro groups is 1. The summed E-state index contributed by atoms with van der Waals surface area (Å²) in [6.07, 6.45) is 3.82. The third-order valence-corrected chi connectivity index (χ3v) is 5.31. The molecule has 7 nitrogen and oxygen atoms in total. The topological polar surface area (TPSA) is 92.9 Å². The summed E-state index contributed by atoms with van der Waals surface area (Å²) in [5.41, 5.74) is 1.83. The first kappa shape index (κ1) is 20.5. The van der Waals surface area contributed by atoms with Crippen LogP contribution in [0.15, 0.2) is 59.6 Å². The summed E-state index contributed by atoms with van der Waals surface area (Å²) in [4.78, 5) is 40.7. The van der Waals surface area contributed by atoms with Gasteiger partial charge in [-0.3, -0.25) is 24.6 Å². The van der Waals surface area contributed by atoms with E-state index in [-0.39, 0.29) is 17.4 Å². The van der Waals surface area contributed by atoms with Crippen LogP contribution in [-0.2, 0) is 4.79 Å². The fraction of sp³-hybridized carbons (Fsp3) is 0.190. The predicted molar refractivity (Wildman–Crippen MR) is 114 cm³/mol. The van der Waals surface area contributed by atoms with Gasteiger partial charge in [-0.25, -0.2) is 4.99 Å². The van der Waals surface area contributed by atoms with Crippen LogP contribution in [0.4, 0.5) is 11.4 Å². The average Bonchev–Trinajstić information content (AvgIpc) is 2.73. The lowest BCUT2D eigenvalue weighted by Crippen LogP contribution is -2.38. The van der Waals surface area contributed by atoms with Gasteiger partial charge in [0, 0.05) is 36.1 Å². The molecule has 2 aromatic carbocycles. The molecule has 2 aromatic rings. The van der Waals surface area contributed by atoms with E-state index in [0.717, 1.165) is 12.2 Å². The number of thioether (sulfide) groups is 1. The number of rotatable bonds is 5. The van der Waals surface area contributed by atoms with Gasteiger partial charge in [0.1, 0.15) is 0 Å². The molecular weight excluding hydrogens is 390 g/mol. The van der Waals surface area contributed by atoms with Gasteiger partial charge < -0.3 is 0 Å². The van der Waals surface area contributed by atoms with Crippen molar-refractivity contribution in [1.82, 2.24) is 4.90 Å². The maximum Gasteiger partial charge on any atom is 0.270 e. The summed E-state index contributed by atoms with van der Waals surface area (Å²) < 4.78 is 0. The smallest absolute Gasteiger partial charge is 0.270 e. The van der Waals surface area contributed by atoms with Crippen LogP contribution in [0.1, 0.15) is 29.3 Å². The predicted octanol–water partition coefficient (Wildman–Crippen LogP) is 4.46. The van der Waals surface area contributed by atoms with Gasteiger partial charge in [-0.1, -0.05) is 23.9 Å². The van der Waals surface area contributed by atoms with Crippen LogP contribution in [0.25, 0.3) is 6.08 Å². The number of Topliss-reactive ketones (excluding diaryl/α,β-unsaturated/α-hetero) is 1. The van der Waals surface area contributed by atoms with Crippen LogP contribution >= 0.6 is 11.8 Å². The normalized spacial score (nSPS) is 15.6. The highest BCUT2D eigenvalue weighted by Crippen LogP contribution is 2.23. The minimum absolute atomic E-state index is 0.0145. The molecule has 1 amide bonds. The lowest BCUT2D eigenvalue weighted by molar-refractivity contribution is -0.384. The molecular formula is C21H19N3O4S. The third kappa shape index (κ3) is 5.39. The monoisotopic (exact) mass is 409 g/mol. The van der Waals surface area contributed by atoms with Crippen molar-refractivity contribution in [1.29, 1.82) is 0 Å². The molecule has 29 heavy (non-hydrogen) atoms. The van der Waals surface area contributed by atoms with Crippen LogP contribution in [0.5, 0.6) is 0 Å². The Morgan fingerprint density at radius 3 is 2.66 bits per heavy atom. The highest BCUT2D eigenvalue weighted by atomic mass is 32.2. The van der Waals surface area contributed by atoms with Gasteiger partial charge in [0.15, 0.2) is 11.0 Å². The quantitative estimate of drug-likeness (QED) is 0.314. The molecule has 0 bridgehead atoms. The number of nitro benzene ring substituents is 1. The maximum atomic E-state index is 12.7. The van der Waals surface area contributed by atoms with Crippen LogP contribution in [0.2, 0.25) is 0 Å². The highest BCUT2D eigenvalue weighted by molar-refractivity contribution is 8.13. The molecule has 1 aliphatic heterocycles. The van der Waals surface area contributed by atoms with E-state index in [1.54, 1.807) is 47.4 Å². The molecule has 8 heteroatoms. The van der Waals surface area contributed by atoms with Crippen LogP contribution in [0.3, 0.4) is 0 Å². The second kappa shape index (κ2) is 9.29. The number of aliphatic imine (C=N–C) groups is 1. The minimum Gasteiger partial charge on any atom is -0.295 e. The third-order valence-electron chi connectivity index (χ3n) is 4.25. The van der Waals surface area contributed by atoms with Crippen molar-refractivity contribution in [3.05, 3.63) is 75.8 Å². The van der Waals surface area contributed by atoms with Crippen LogP contribution in [-0.4, -0.2) is 39.0 Å². The van der Waals surface area contributed by atoms with Crippen molar-refractivity contribution in [2.24, 2.45) is 4.99 Å². The summed E-state index contributed by atoms with van der Waals surface area (Å²) >= 11 is 1.50. The van der Waals surface area contributed by atoms with Gasteiger partial charge in [-0.15, -0.1) is 0 Å². The first-order valence-electron chi connectivity index (χ1n) is 9.00. The zero-order chi connectivity index (χ0) is 20.8. The first-order chi connectivity index (χ1) is 13.9. The van der Waals surface area contributed by atoms with Gasteiger partial charge in [-0.05, 0) is 49.2 Å². The molecule has 148 valence electrons. The second-order valence-electron chi connectivity index (χ2n) is 6.37. The largest absolute Gasteiger partial charge is 0.295 e. The number of hydrogen-bond donors (Lipinski definition) is 0. The van der Waals surface area contributed by atoms with E-state index in [1.807, 2.05) is 0 Å². The molecule has 1 fully saturated rings. The molecule has 0 aliphatic carbocycles. The van der Waals surface area contributed by atoms with E-state index < -0.39 is 4.92 Å². The van der Waals surface area contributed by atoms with Crippen LogP contribution in [0, 0.1) is 10.1 Å². The Bertz CT molecular complexity index is 999. The number of amides is 1.